The Labute approximate surface area is 179 Å². The zero-order chi connectivity index (χ0) is 22.0. The monoisotopic (exact) mass is 426 g/mol. The number of halogens is 1. The summed E-state index contributed by atoms with van der Waals surface area (Å²) in [7, 11) is 0. The summed E-state index contributed by atoms with van der Waals surface area (Å²) in [6, 6.07) is 12.3. The van der Waals surface area contributed by atoms with E-state index < -0.39 is 11.0 Å². The number of nitro groups is 1. The van der Waals surface area contributed by atoms with Gasteiger partial charge in [0.25, 0.3) is 5.69 Å². The van der Waals surface area contributed by atoms with Gasteiger partial charge in [-0.25, -0.2) is 4.39 Å². The first-order valence-electron chi connectivity index (χ1n) is 10.2. The van der Waals surface area contributed by atoms with Crippen LogP contribution in [-0.4, -0.2) is 65.3 Å². The number of hydrogen-bond donors (Lipinski definition) is 0. The number of likely N-dealkylation sites (tertiary alicyclic amines) is 1. The molecule has 2 saturated heterocycles. The number of carbonyl (C=O) groups is 2. The molecule has 2 amide bonds. The minimum atomic E-state index is -0.480. The first kappa shape index (κ1) is 20.9. The zero-order valence-corrected chi connectivity index (χ0v) is 16.9. The summed E-state index contributed by atoms with van der Waals surface area (Å²) in [5.74, 6) is -0.769. The number of imide groups is 1. The van der Waals surface area contributed by atoms with Gasteiger partial charge in [0.05, 0.1) is 17.4 Å². The highest BCUT2D eigenvalue weighted by Gasteiger charge is 2.42. The summed E-state index contributed by atoms with van der Waals surface area (Å²) in [4.78, 5) is 41.1. The predicted octanol–water partition coefficient (Wildman–Crippen LogP) is 2.23. The summed E-state index contributed by atoms with van der Waals surface area (Å²) < 4.78 is 13.8. The van der Waals surface area contributed by atoms with Crippen molar-refractivity contribution in [3.8, 4) is 0 Å². The molecule has 0 spiro atoms. The van der Waals surface area contributed by atoms with Crippen molar-refractivity contribution < 1.29 is 18.9 Å². The molecule has 2 aromatic rings. The maximum atomic E-state index is 13.8. The van der Waals surface area contributed by atoms with Crippen LogP contribution in [0.1, 0.15) is 12.0 Å². The van der Waals surface area contributed by atoms with Gasteiger partial charge in [0.1, 0.15) is 5.82 Å². The van der Waals surface area contributed by atoms with E-state index in [-0.39, 0.29) is 36.3 Å². The van der Waals surface area contributed by atoms with Crippen LogP contribution in [0.4, 0.5) is 15.8 Å². The van der Waals surface area contributed by atoms with Crippen LogP contribution in [0.2, 0.25) is 0 Å². The molecule has 2 aromatic carbocycles. The van der Waals surface area contributed by atoms with Gasteiger partial charge in [0, 0.05) is 50.5 Å². The van der Waals surface area contributed by atoms with Gasteiger partial charge in [-0.2, -0.15) is 0 Å². The molecule has 1 unspecified atom stereocenters. The fourth-order valence-corrected chi connectivity index (χ4v) is 4.20. The van der Waals surface area contributed by atoms with E-state index in [2.05, 4.69) is 4.90 Å². The Morgan fingerprint density at radius 3 is 2.32 bits per heavy atom. The van der Waals surface area contributed by atoms with E-state index in [9.17, 15) is 24.1 Å². The van der Waals surface area contributed by atoms with Gasteiger partial charge in [-0.15, -0.1) is 0 Å². The van der Waals surface area contributed by atoms with Crippen molar-refractivity contribution in [1.82, 2.24) is 9.80 Å². The minimum absolute atomic E-state index is 0.0490. The number of amides is 2. The van der Waals surface area contributed by atoms with E-state index in [1.54, 1.807) is 30.3 Å². The van der Waals surface area contributed by atoms with Crippen LogP contribution in [0.3, 0.4) is 0 Å². The van der Waals surface area contributed by atoms with Crippen LogP contribution in [0.5, 0.6) is 0 Å². The van der Waals surface area contributed by atoms with Crippen molar-refractivity contribution >= 4 is 23.2 Å². The fourth-order valence-electron chi connectivity index (χ4n) is 4.20. The molecule has 0 bridgehead atoms. The number of carbonyl (C=O) groups excluding carboxylic acids is 2. The van der Waals surface area contributed by atoms with Crippen molar-refractivity contribution in [3.05, 3.63) is 70.0 Å². The predicted molar refractivity (Wildman–Crippen MR) is 112 cm³/mol. The number of piperazine rings is 1. The van der Waals surface area contributed by atoms with E-state index in [1.807, 2.05) is 4.90 Å². The average Bonchev–Trinajstić information content (AvgIpc) is 3.07. The Bertz CT molecular complexity index is 989. The molecule has 2 fully saturated rings. The van der Waals surface area contributed by atoms with E-state index in [1.165, 1.54) is 23.1 Å². The lowest BCUT2D eigenvalue weighted by Crippen LogP contribution is -2.52. The first-order chi connectivity index (χ1) is 14.9. The molecule has 0 radical (unpaired) electrons. The summed E-state index contributed by atoms with van der Waals surface area (Å²) in [6.45, 7) is 2.72. The summed E-state index contributed by atoms with van der Waals surface area (Å²) in [5.41, 5.74) is 1.43. The minimum Gasteiger partial charge on any atom is -0.369 e. The SMILES string of the molecule is O=C1CC(N2CCN(c3ccc([N+](=O)[O-])cc3)CC2)C(=O)N1CCc1ccccc1F. The zero-order valence-electron chi connectivity index (χ0n) is 16.9. The molecule has 4 rings (SSSR count). The second-order valence-corrected chi connectivity index (χ2v) is 7.74. The lowest BCUT2D eigenvalue weighted by Gasteiger charge is -2.38. The van der Waals surface area contributed by atoms with Gasteiger partial charge < -0.3 is 4.90 Å². The lowest BCUT2D eigenvalue weighted by molar-refractivity contribution is -0.384. The highest BCUT2D eigenvalue weighted by Crippen LogP contribution is 2.24. The standard InChI is InChI=1S/C22H23FN4O4/c23-19-4-2-1-3-16(19)9-10-26-21(28)15-20(22(26)29)25-13-11-24(12-14-25)17-5-7-18(8-6-17)27(30)31/h1-8,20H,9-15H2. The molecule has 1 atom stereocenters. The van der Waals surface area contributed by atoms with E-state index >= 15 is 0 Å². The molecule has 0 aromatic heterocycles. The molecule has 0 aliphatic carbocycles. The molecule has 0 N–H and O–H groups in total. The van der Waals surface area contributed by atoms with Crippen LogP contribution >= 0.6 is 0 Å². The van der Waals surface area contributed by atoms with E-state index in [0.29, 0.717) is 38.2 Å². The Balaban J connectivity index is 1.33. The molecule has 162 valence electrons. The van der Waals surface area contributed by atoms with Crippen molar-refractivity contribution in [2.24, 2.45) is 0 Å². The number of non-ortho nitro benzene ring substituents is 1. The summed E-state index contributed by atoms with van der Waals surface area (Å²) >= 11 is 0. The Kier molecular flexibility index (Phi) is 5.94. The molecule has 2 heterocycles. The van der Waals surface area contributed by atoms with E-state index in [0.717, 1.165) is 5.69 Å². The van der Waals surface area contributed by atoms with Crippen LogP contribution in [-0.2, 0) is 16.0 Å². The van der Waals surface area contributed by atoms with Crippen molar-refractivity contribution in [3.63, 3.8) is 0 Å². The van der Waals surface area contributed by atoms with Crippen LogP contribution in [0.25, 0.3) is 0 Å². The van der Waals surface area contributed by atoms with Gasteiger partial charge in [0.15, 0.2) is 0 Å². The fraction of sp³-hybridized carbons (Fsp3) is 0.364. The second-order valence-electron chi connectivity index (χ2n) is 7.74. The molecule has 2 aliphatic heterocycles. The number of rotatable bonds is 6. The third-order valence-electron chi connectivity index (χ3n) is 5.96. The molecule has 8 nitrogen and oxygen atoms in total. The van der Waals surface area contributed by atoms with Gasteiger partial charge in [-0.1, -0.05) is 18.2 Å². The number of nitrogens with zero attached hydrogens (tertiary/aromatic N) is 4. The molecule has 0 saturated carbocycles. The van der Waals surface area contributed by atoms with Gasteiger partial charge in [0.2, 0.25) is 11.8 Å². The van der Waals surface area contributed by atoms with Gasteiger partial charge in [-0.05, 0) is 30.2 Å². The maximum Gasteiger partial charge on any atom is 0.269 e. The first-order valence-corrected chi connectivity index (χ1v) is 10.2. The van der Waals surface area contributed by atoms with Crippen molar-refractivity contribution in [2.75, 3.05) is 37.6 Å². The maximum absolute atomic E-state index is 13.8. The molecule has 2 aliphatic rings. The van der Waals surface area contributed by atoms with E-state index in [4.69, 9.17) is 0 Å². The third-order valence-corrected chi connectivity index (χ3v) is 5.96. The smallest absolute Gasteiger partial charge is 0.269 e. The normalized spacial score (nSPS) is 19.8. The molecule has 9 heteroatoms. The third kappa shape index (κ3) is 4.41. The molecular formula is C22H23FN4O4. The number of hydrogen-bond acceptors (Lipinski definition) is 6. The largest absolute Gasteiger partial charge is 0.369 e. The number of benzene rings is 2. The van der Waals surface area contributed by atoms with Gasteiger partial charge >= 0.3 is 0 Å². The Hall–Kier alpha value is -3.33. The topological polar surface area (TPSA) is 87.0 Å². The highest BCUT2D eigenvalue weighted by molar-refractivity contribution is 6.05. The summed E-state index contributed by atoms with van der Waals surface area (Å²) in [5, 5.41) is 10.8. The second kappa shape index (κ2) is 8.81. The summed E-state index contributed by atoms with van der Waals surface area (Å²) in [6.07, 6.45) is 0.443. The molecule has 31 heavy (non-hydrogen) atoms. The number of anilines is 1. The van der Waals surface area contributed by atoms with Crippen LogP contribution in [0.15, 0.2) is 48.5 Å². The Morgan fingerprint density at radius 1 is 1.00 bits per heavy atom. The quantitative estimate of drug-likeness (QED) is 0.400. The van der Waals surface area contributed by atoms with Crippen molar-refractivity contribution in [2.45, 2.75) is 18.9 Å². The Morgan fingerprint density at radius 2 is 1.68 bits per heavy atom. The lowest BCUT2D eigenvalue weighted by atomic mass is 10.1. The average molecular weight is 426 g/mol. The number of nitro benzene ring substituents is 1. The van der Waals surface area contributed by atoms with Crippen LogP contribution < -0.4 is 4.90 Å². The van der Waals surface area contributed by atoms with Gasteiger partial charge in [-0.3, -0.25) is 29.5 Å². The molecular weight excluding hydrogens is 403 g/mol. The highest BCUT2D eigenvalue weighted by atomic mass is 19.1. The van der Waals surface area contributed by atoms with Crippen molar-refractivity contribution in [1.29, 1.82) is 0 Å². The van der Waals surface area contributed by atoms with Crippen LogP contribution in [0, 0.1) is 15.9 Å².